The number of Topliss-reactive ketones (excluding diaryl/α,β-unsaturated/α-hetero) is 2. The number of hydrogen-bond donors (Lipinski definition) is 1. The lowest BCUT2D eigenvalue weighted by atomic mass is 9.66. The first-order chi connectivity index (χ1) is 13.8. The summed E-state index contributed by atoms with van der Waals surface area (Å²) >= 11 is 0. The monoisotopic (exact) mass is 416 g/mol. The topological polar surface area (TPSA) is 76.1 Å². The Bertz CT molecular complexity index is 851. The van der Waals surface area contributed by atoms with E-state index in [1.165, 1.54) is 0 Å². The maximum absolute atomic E-state index is 13.8. The molecule has 2 fully saturated rings. The highest BCUT2D eigenvalue weighted by Crippen LogP contribution is 2.56. The molecule has 3 aliphatic rings. The van der Waals surface area contributed by atoms with Crippen LogP contribution in [0.2, 0.25) is 0 Å². The van der Waals surface area contributed by atoms with Gasteiger partial charge in [-0.25, -0.2) is 0 Å². The van der Waals surface area contributed by atoms with Crippen molar-refractivity contribution in [2.75, 3.05) is 0 Å². The van der Waals surface area contributed by atoms with Gasteiger partial charge in [0.05, 0.1) is 17.1 Å². The van der Waals surface area contributed by atoms with Gasteiger partial charge in [0.25, 0.3) is 0 Å². The molecule has 0 saturated carbocycles. The minimum absolute atomic E-state index is 0.0580. The minimum atomic E-state index is -0.938. The molecule has 0 aromatic rings. The average molecular weight is 417 g/mol. The number of aliphatic hydroxyl groups excluding tert-OH is 1. The van der Waals surface area contributed by atoms with Gasteiger partial charge in [0.2, 0.25) is 0 Å². The van der Waals surface area contributed by atoms with Crippen LogP contribution in [0, 0.1) is 17.3 Å². The highest BCUT2D eigenvalue weighted by molar-refractivity contribution is 6.25. The van der Waals surface area contributed by atoms with Crippen LogP contribution in [0.5, 0.6) is 0 Å². The van der Waals surface area contributed by atoms with E-state index in [2.05, 4.69) is 13.8 Å². The molecule has 5 heteroatoms. The van der Waals surface area contributed by atoms with Crippen molar-refractivity contribution < 1.29 is 24.2 Å². The number of epoxide rings is 1. The Morgan fingerprint density at radius 3 is 2.30 bits per heavy atom. The van der Waals surface area contributed by atoms with Gasteiger partial charge in [-0.15, -0.1) is 0 Å². The van der Waals surface area contributed by atoms with Crippen LogP contribution in [0.4, 0.5) is 0 Å². The molecule has 0 aromatic heterocycles. The number of ether oxygens (including phenoxy) is 2. The van der Waals surface area contributed by atoms with Crippen LogP contribution >= 0.6 is 0 Å². The number of rotatable bonds is 7. The summed E-state index contributed by atoms with van der Waals surface area (Å²) in [5.74, 6) is -0.444. The number of fused-ring (bicyclic) bond motifs is 1. The van der Waals surface area contributed by atoms with Gasteiger partial charge < -0.3 is 14.6 Å². The van der Waals surface area contributed by atoms with E-state index in [0.29, 0.717) is 30.6 Å². The van der Waals surface area contributed by atoms with Crippen LogP contribution in [0.1, 0.15) is 74.7 Å². The number of carbonyl (C=O) groups is 2. The Hall–Kier alpha value is -1.88. The molecular weight excluding hydrogens is 380 g/mol. The molecule has 2 saturated heterocycles. The second kappa shape index (κ2) is 7.67. The van der Waals surface area contributed by atoms with Gasteiger partial charge in [0.15, 0.2) is 11.6 Å². The van der Waals surface area contributed by atoms with E-state index >= 15 is 0 Å². The van der Waals surface area contributed by atoms with Crippen LogP contribution in [-0.4, -0.2) is 34.5 Å². The maximum Gasteiger partial charge on any atom is 0.184 e. The van der Waals surface area contributed by atoms with Crippen molar-refractivity contribution in [3.8, 4) is 0 Å². The van der Waals surface area contributed by atoms with Crippen molar-refractivity contribution >= 4 is 11.6 Å². The van der Waals surface area contributed by atoms with Gasteiger partial charge in [-0.05, 0) is 40.0 Å². The Kier molecular flexibility index (Phi) is 5.83. The van der Waals surface area contributed by atoms with Gasteiger partial charge in [-0.3, -0.25) is 9.59 Å². The van der Waals surface area contributed by atoms with Crippen LogP contribution < -0.4 is 0 Å². The number of allylic oxidation sites excluding steroid dienone is 5. The van der Waals surface area contributed by atoms with Gasteiger partial charge in [-0.2, -0.15) is 0 Å². The van der Waals surface area contributed by atoms with Crippen molar-refractivity contribution in [2.24, 2.45) is 17.3 Å². The first-order valence-electron chi connectivity index (χ1n) is 11.1. The molecule has 30 heavy (non-hydrogen) atoms. The first-order valence-corrected chi connectivity index (χ1v) is 11.1. The number of carbonyl (C=O) groups excluding carboxylic acids is 2. The normalized spacial score (nSPS) is 30.0. The van der Waals surface area contributed by atoms with Crippen molar-refractivity contribution in [1.82, 2.24) is 0 Å². The van der Waals surface area contributed by atoms with Crippen molar-refractivity contribution in [2.45, 2.75) is 92.5 Å². The minimum Gasteiger partial charge on any atom is -0.507 e. The molecule has 166 valence electrons. The van der Waals surface area contributed by atoms with Gasteiger partial charge in [0, 0.05) is 24.3 Å². The fourth-order valence-corrected chi connectivity index (χ4v) is 4.43. The predicted molar refractivity (Wildman–Crippen MR) is 116 cm³/mol. The molecule has 0 bridgehead atoms. The molecule has 0 radical (unpaired) electrons. The molecule has 3 atom stereocenters. The van der Waals surface area contributed by atoms with Gasteiger partial charge in [-0.1, -0.05) is 39.3 Å². The molecule has 2 heterocycles. The molecular formula is C25H36O5. The molecule has 0 aromatic carbocycles. The van der Waals surface area contributed by atoms with Crippen LogP contribution in [0.25, 0.3) is 0 Å². The molecule has 2 aliphatic heterocycles. The predicted octanol–water partition coefficient (Wildman–Crippen LogP) is 5.22. The fourth-order valence-electron chi connectivity index (χ4n) is 4.43. The van der Waals surface area contributed by atoms with E-state index in [-0.39, 0.29) is 52.5 Å². The summed E-state index contributed by atoms with van der Waals surface area (Å²) in [5.41, 5.74) is 0.396. The molecule has 5 nitrogen and oxygen atoms in total. The highest BCUT2D eigenvalue weighted by Gasteiger charge is 2.59. The van der Waals surface area contributed by atoms with Crippen LogP contribution in [-0.2, 0) is 19.1 Å². The lowest BCUT2D eigenvalue weighted by molar-refractivity contribution is -0.128. The number of aliphatic hydroxyl groups is 1. The summed E-state index contributed by atoms with van der Waals surface area (Å²) in [6, 6.07) is 0. The third-order valence-electron chi connectivity index (χ3n) is 6.64. The Balaban J connectivity index is 2.20. The largest absolute Gasteiger partial charge is 0.507 e. The zero-order chi connectivity index (χ0) is 22.6. The molecule has 1 N–H and O–H groups in total. The second-order valence-electron chi connectivity index (χ2n) is 10.5. The summed E-state index contributed by atoms with van der Waals surface area (Å²) in [4.78, 5) is 26.9. The summed E-state index contributed by atoms with van der Waals surface area (Å²) < 4.78 is 12.1. The third kappa shape index (κ3) is 3.77. The summed E-state index contributed by atoms with van der Waals surface area (Å²) in [6.07, 6.45) is 3.24. The quantitative estimate of drug-likeness (QED) is 0.350. The third-order valence-corrected chi connectivity index (χ3v) is 6.64. The van der Waals surface area contributed by atoms with Crippen molar-refractivity contribution in [1.29, 1.82) is 0 Å². The van der Waals surface area contributed by atoms with Crippen LogP contribution in [0.15, 0.2) is 34.3 Å². The Labute approximate surface area is 180 Å². The average Bonchev–Trinajstić information content (AvgIpc) is 3.06. The molecule has 0 amide bonds. The van der Waals surface area contributed by atoms with E-state index in [1.807, 2.05) is 33.8 Å². The number of ketones is 2. The SMILES string of the molecule is CC(C)=CCC12CC(C(C)C)OC1=C(CC1OC1(C)C)C(O)=C(C(=O)C(C)C)C2=O. The van der Waals surface area contributed by atoms with Crippen LogP contribution in [0.3, 0.4) is 0 Å². The lowest BCUT2D eigenvalue weighted by Crippen LogP contribution is -2.40. The van der Waals surface area contributed by atoms with Gasteiger partial charge >= 0.3 is 0 Å². The zero-order valence-electron chi connectivity index (χ0n) is 19.6. The summed E-state index contributed by atoms with van der Waals surface area (Å²) in [6.45, 7) is 15.7. The van der Waals surface area contributed by atoms with Crippen molar-refractivity contribution in [3.63, 3.8) is 0 Å². The highest BCUT2D eigenvalue weighted by atomic mass is 16.6. The molecule has 1 aliphatic carbocycles. The second-order valence-corrected chi connectivity index (χ2v) is 10.5. The molecule has 0 spiro atoms. The standard InChI is InChI=1S/C25H36O5/c1-13(2)9-10-25-12-17(14(3)4)29-23(25)16(11-18-24(7,8)30-18)21(27)19(22(25)28)20(26)15(5)6/h9,14-15,17-18,27H,10-12H2,1-8H3. The zero-order valence-corrected chi connectivity index (χ0v) is 19.6. The molecule has 3 unspecified atom stereocenters. The smallest absolute Gasteiger partial charge is 0.184 e. The maximum atomic E-state index is 13.8. The fraction of sp³-hybridized carbons (Fsp3) is 0.680. The van der Waals surface area contributed by atoms with Crippen molar-refractivity contribution in [3.05, 3.63) is 34.3 Å². The van der Waals surface area contributed by atoms with E-state index < -0.39 is 5.41 Å². The molecule has 3 rings (SSSR count). The Morgan fingerprint density at radius 1 is 1.23 bits per heavy atom. The lowest BCUT2D eigenvalue weighted by Gasteiger charge is -2.33. The summed E-state index contributed by atoms with van der Waals surface area (Å²) in [7, 11) is 0. The van der Waals surface area contributed by atoms with E-state index in [9.17, 15) is 14.7 Å². The first kappa shape index (κ1) is 22.8. The van der Waals surface area contributed by atoms with E-state index in [4.69, 9.17) is 9.47 Å². The van der Waals surface area contributed by atoms with E-state index in [1.54, 1.807) is 13.8 Å². The Morgan fingerprint density at radius 2 is 1.83 bits per heavy atom. The summed E-state index contributed by atoms with van der Waals surface area (Å²) in [5, 5.41) is 11.2. The number of hydrogen-bond acceptors (Lipinski definition) is 5. The van der Waals surface area contributed by atoms with E-state index in [0.717, 1.165) is 5.57 Å². The van der Waals surface area contributed by atoms with Gasteiger partial charge in [0.1, 0.15) is 23.2 Å².